The molecule has 1 saturated heterocycles. The molecule has 6 aromatic heterocycles. The van der Waals surface area contributed by atoms with Crippen molar-refractivity contribution in [3.8, 4) is 34.9 Å². The third kappa shape index (κ3) is 9.13. The molecule has 2 aromatic carbocycles. The minimum atomic E-state index is -0.323. The molecule has 18 nitrogen and oxygen atoms in total. The summed E-state index contributed by atoms with van der Waals surface area (Å²) in [5.74, 6) is 1.85. The van der Waals surface area contributed by atoms with Gasteiger partial charge in [-0.3, -0.25) is 18.2 Å². The van der Waals surface area contributed by atoms with Crippen LogP contribution < -0.4 is 25.7 Å². The maximum atomic E-state index is 14.5. The number of halogens is 3. The van der Waals surface area contributed by atoms with Gasteiger partial charge in [-0.2, -0.15) is 20.7 Å². The Kier molecular flexibility index (Phi) is 12.8. The van der Waals surface area contributed by atoms with Crippen molar-refractivity contribution in [1.82, 2.24) is 48.3 Å². The van der Waals surface area contributed by atoms with Gasteiger partial charge in [-0.15, -0.1) is 0 Å². The zero-order valence-corrected chi connectivity index (χ0v) is 41.3. The predicted molar refractivity (Wildman–Crippen MR) is 260 cm³/mol. The average Bonchev–Trinajstić information content (AvgIpc) is 4.20. The zero-order valence-electron chi connectivity index (χ0n) is 39.7. The summed E-state index contributed by atoms with van der Waals surface area (Å²) >= 11 is 3.36. The number of nitriles is 2. The van der Waals surface area contributed by atoms with Gasteiger partial charge in [0.25, 0.3) is 0 Å². The van der Waals surface area contributed by atoms with Crippen molar-refractivity contribution in [3.05, 3.63) is 122 Å². The molecule has 9 heterocycles. The summed E-state index contributed by atoms with van der Waals surface area (Å²) in [5.41, 5.74) is 8.43. The van der Waals surface area contributed by atoms with Gasteiger partial charge in [0.1, 0.15) is 35.3 Å². The van der Waals surface area contributed by atoms with E-state index in [-0.39, 0.29) is 54.4 Å². The molecule has 0 atom stereocenters. The van der Waals surface area contributed by atoms with E-state index in [0.717, 1.165) is 50.9 Å². The highest BCUT2D eigenvalue weighted by molar-refractivity contribution is 9.10. The highest BCUT2D eigenvalue weighted by Gasteiger charge is 2.52. The van der Waals surface area contributed by atoms with Gasteiger partial charge in [0.15, 0.2) is 22.7 Å². The van der Waals surface area contributed by atoms with Gasteiger partial charge in [0, 0.05) is 74.7 Å². The van der Waals surface area contributed by atoms with E-state index in [4.69, 9.17) is 24.0 Å². The lowest BCUT2D eigenvalue weighted by molar-refractivity contribution is 0.00578. The van der Waals surface area contributed by atoms with Crippen LogP contribution >= 0.6 is 15.9 Å². The van der Waals surface area contributed by atoms with Crippen molar-refractivity contribution in [2.45, 2.75) is 78.7 Å². The highest BCUT2D eigenvalue weighted by Crippen LogP contribution is 2.37. The molecule has 1 fully saturated rings. The van der Waals surface area contributed by atoms with E-state index in [9.17, 15) is 14.0 Å². The Morgan fingerprint density at radius 1 is 0.729 bits per heavy atom. The van der Waals surface area contributed by atoms with Gasteiger partial charge < -0.3 is 29.4 Å². The van der Waals surface area contributed by atoms with E-state index in [1.165, 1.54) is 12.1 Å². The van der Waals surface area contributed by atoms with Gasteiger partial charge >= 0.3 is 7.12 Å². The van der Waals surface area contributed by atoms with Crippen LogP contribution in [0, 0.1) is 48.1 Å². The maximum absolute atomic E-state index is 14.5. The summed E-state index contributed by atoms with van der Waals surface area (Å²) in [6.45, 7) is 13.7. The Bertz CT molecular complexity index is 3390. The van der Waals surface area contributed by atoms with Crippen molar-refractivity contribution >= 4 is 51.8 Å². The number of nitrogens with zero attached hydrogens (tertiary/aromatic N) is 12. The third-order valence-corrected chi connectivity index (χ3v) is 13.3. The van der Waals surface area contributed by atoms with Crippen molar-refractivity contribution in [2.24, 2.45) is 14.1 Å². The molecule has 2 N–H and O–H groups in total. The molecule has 8 aromatic rings. The topological polar surface area (TPSA) is 205 Å². The number of ether oxygens (including phenoxy) is 2. The molecule has 358 valence electrons. The normalized spacial score (nSPS) is 15.0. The number of aromatic nitrogens is 10. The van der Waals surface area contributed by atoms with E-state index in [1.54, 1.807) is 50.4 Å². The molecule has 0 bridgehead atoms. The van der Waals surface area contributed by atoms with Crippen LogP contribution in [0.3, 0.4) is 0 Å². The first-order valence-electron chi connectivity index (χ1n) is 22.4. The lowest BCUT2D eigenvalue weighted by Gasteiger charge is -2.32. The van der Waals surface area contributed by atoms with Crippen LogP contribution in [-0.4, -0.2) is 79.8 Å². The molecule has 0 spiro atoms. The second-order valence-corrected chi connectivity index (χ2v) is 18.8. The Balaban J connectivity index is 0.000000137. The lowest BCUT2D eigenvalue weighted by atomic mass is 9.84. The SMILES string of the molecule is Cc1cc(-c2cnc(NCc3c(F)ccc4c3CCO4)n3cc(C#N)nc23)n(C)n1.Cc1cc(B2OC(C)(C)C(C)(C)O2)n(C)n1.N#Cc1cn2c(NCc3c(F)ccc4c3CCO4)ncc(Br)c2n1. The number of rotatable bonds is 8. The molecule has 11 rings (SSSR count). The second-order valence-electron chi connectivity index (χ2n) is 17.9. The summed E-state index contributed by atoms with van der Waals surface area (Å²) in [5, 5.41) is 33.4. The fraction of sp³-hybridized carbons (Fsp3) is 0.333. The van der Waals surface area contributed by atoms with Crippen LogP contribution in [0.5, 0.6) is 11.5 Å². The Hall–Kier alpha value is -7.40. The van der Waals surface area contributed by atoms with E-state index in [0.29, 0.717) is 64.8 Å². The van der Waals surface area contributed by atoms with Crippen LogP contribution in [0.4, 0.5) is 20.7 Å². The summed E-state index contributed by atoms with van der Waals surface area (Å²) in [6.07, 6.45) is 7.86. The van der Waals surface area contributed by atoms with Crippen molar-refractivity contribution in [1.29, 1.82) is 10.5 Å². The maximum Gasteiger partial charge on any atom is 0.514 e. The molecular formula is C48H48BBrF2N14O4. The molecule has 0 unspecified atom stereocenters. The summed E-state index contributed by atoms with van der Waals surface area (Å²) < 4.78 is 59.2. The molecule has 0 saturated carbocycles. The summed E-state index contributed by atoms with van der Waals surface area (Å²) in [6, 6.07) is 14.2. The molecule has 0 aliphatic carbocycles. The Morgan fingerprint density at radius 2 is 1.23 bits per heavy atom. The van der Waals surface area contributed by atoms with Crippen molar-refractivity contribution < 1.29 is 27.6 Å². The number of benzene rings is 2. The van der Waals surface area contributed by atoms with E-state index in [2.05, 4.69) is 90.5 Å². The van der Waals surface area contributed by atoms with Gasteiger partial charge in [0.2, 0.25) is 11.9 Å². The number of anilines is 2. The van der Waals surface area contributed by atoms with Gasteiger partial charge in [-0.05, 0) is 93.9 Å². The van der Waals surface area contributed by atoms with Gasteiger partial charge in [-0.25, -0.2) is 28.7 Å². The Labute approximate surface area is 410 Å². The monoisotopic (exact) mass is 1010 g/mol. The molecule has 0 radical (unpaired) electrons. The Morgan fingerprint density at radius 3 is 1.73 bits per heavy atom. The predicted octanol–water partition coefficient (Wildman–Crippen LogP) is 7.07. The molecule has 70 heavy (non-hydrogen) atoms. The number of nitrogens with one attached hydrogen (secondary N) is 2. The largest absolute Gasteiger partial charge is 0.514 e. The lowest BCUT2D eigenvalue weighted by Crippen LogP contribution is -2.41. The fourth-order valence-corrected chi connectivity index (χ4v) is 8.88. The average molecular weight is 1010 g/mol. The van der Waals surface area contributed by atoms with E-state index in [1.807, 2.05) is 50.8 Å². The van der Waals surface area contributed by atoms with Crippen LogP contribution in [-0.2, 0) is 49.3 Å². The second kappa shape index (κ2) is 18.8. The van der Waals surface area contributed by atoms with Crippen LogP contribution in [0.25, 0.3) is 22.6 Å². The molecule has 3 aliphatic rings. The van der Waals surface area contributed by atoms with Crippen molar-refractivity contribution in [3.63, 3.8) is 0 Å². The quantitative estimate of drug-likeness (QED) is 0.146. The molecule has 0 amide bonds. The van der Waals surface area contributed by atoms with Gasteiger partial charge in [-0.1, -0.05) is 0 Å². The first-order valence-corrected chi connectivity index (χ1v) is 23.2. The molecular weight excluding hydrogens is 965 g/mol. The number of imidazole rings is 2. The van der Waals surface area contributed by atoms with E-state index >= 15 is 0 Å². The highest BCUT2D eigenvalue weighted by atomic mass is 79.9. The number of hydrogen-bond acceptors (Lipinski definition) is 14. The zero-order chi connectivity index (χ0) is 49.6. The van der Waals surface area contributed by atoms with Crippen LogP contribution in [0.1, 0.15) is 72.7 Å². The summed E-state index contributed by atoms with van der Waals surface area (Å²) in [7, 11) is 3.43. The molecule has 3 aliphatic heterocycles. The van der Waals surface area contributed by atoms with Crippen LogP contribution in [0.2, 0.25) is 0 Å². The van der Waals surface area contributed by atoms with Crippen LogP contribution in [0.15, 0.2) is 65.7 Å². The summed E-state index contributed by atoms with van der Waals surface area (Å²) in [4.78, 5) is 17.5. The molecule has 22 heteroatoms. The standard InChI is InChI=1S/C21H18FN7O.C16H11BrFN5O.C11H19BN2O2/c1-12-7-18(28(2)27-12)16-10-25-21(29-11-13(8-23)26-20(16)29)24-9-15-14-5-6-30-19(14)4-3-17(15)22;17-12-7-21-16(23-8-9(5-19)22-15(12)23)20-6-11-10-3-4-24-14(10)2-1-13(11)18;1-8-7-9(14(6)13-8)12-15-10(2,3)11(4,5)16-12/h3-4,7,10-11H,5-6,9H2,1-2H3,(H,24,25);1-2,7-8H,3-4,6H2,(H,20,21);7H,1-6H3. The number of hydrogen-bond donors (Lipinski definition) is 2. The minimum absolute atomic E-state index is 0.241. The van der Waals surface area contributed by atoms with Gasteiger partial charge in [0.05, 0.1) is 69.5 Å². The third-order valence-electron chi connectivity index (χ3n) is 12.7. The first-order chi connectivity index (χ1) is 33.4. The fourth-order valence-electron chi connectivity index (χ4n) is 8.50. The van der Waals surface area contributed by atoms with Crippen molar-refractivity contribution in [2.75, 3.05) is 23.8 Å². The van der Waals surface area contributed by atoms with E-state index < -0.39 is 0 Å². The minimum Gasteiger partial charge on any atom is -0.493 e. The number of aryl methyl sites for hydroxylation is 4. The number of fused-ring (bicyclic) bond motifs is 4. The first kappa shape index (κ1) is 47.7. The smallest absolute Gasteiger partial charge is 0.493 e.